The molecule has 0 bridgehead atoms. The average molecular weight is 464 g/mol. The number of aliphatic imine (C=N–C) groups is 1. The number of carbonyl (C=O) groups excluding carboxylic acids is 1. The second kappa shape index (κ2) is 7.24. The smallest absolute Gasteiger partial charge is 0.363 e. The largest absolute Gasteiger partial charge is 0.490 e. The molecule has 8 heteroatoms. The van der Waals surface area contributed by atoms with Crippen LogP contribution >= 0.6 is 22.6 Å². The van der Waals surface area contributed by atoms with Crippen LogP contribution in [-0.4, -0.2) is 23.9 Å². The lowest BCUT2D eigenvalue weighted by Crippen LogP contribution is -2.05. The van der Waals surface area contributed by atoms with Crippen LogP contribution in [0.3, 0.4) is 0 Å². The Morgan fingerprint density at radius 1 is 1.27 bits per heavy atom. The number of ether oxygens (including phenoxy) is 2. The highest BCUT2D eigenvalue weighted by Gasteiger charge is 2.25. The zero-order chi connectivity index (χ0) is 18.8. The summed E-state index contributed by atoms with van der Waals surface area (Å²) in [7, 11) is 1.36. The van der Waals surface area contributed by atoms with E-state index in [1.165, 1.54) is 25.3 Å². The summed E-state index contributed by atoms with van der Waals surface area (Å²) in [5.74, 6) is -0.247. The highest BCUT2D eigenvalue weighted by molar-refractivity contribution is 14.1. The molecule has 2 aromatic rings. The first kappa shape index (κ1) is 18.1. The number of nitro benzene ring substituents is 1. The second-order valence-electron chi connectivity index (χ2n) is 5.49. The van der Waals surface area contributed by atoms with Gasteiger partial charge in [0.25, 0.3) is 0 Å². The molecule has 0 aliphatic carbocycles. The van der Waals surface area contributed by atoms with Crippen LogP contribution < -0.4 is 4.74 Å². The van der Waals surface area contributed by atoms with E-state index in [4.69, 9.17) is 9.47 Å². The number of nitro groups is 1. The Balaban J connectivity index is 1.97. The number of benzene rings is 2. The van der Waals surface area contributed by atoms with E-state index in [-0.39, 0.29) is 23.0 Å². The molecule has 1 heterocycles. The summed E-state index contributed by atoms with van der Waals surface area (Å²) in [6.07, 6.45) is 1.45. The number of methoxy groups -OCH3 is 1. The zero-order valence-electron chi connectivity index (χ0n) is 13.9. The number of aryl methyl sites for hydroxylation is 1. The van der Waals surface area contributed by atoms with Crippen LogP contribution in [-0.2, 0) is 9.53 Å². The second-order valence-corrected chi connectivity index (χ2v) is 6.65. The first-order chi connectivity index (χ1) is 12.4. The lowest BCUT2D eigenvalue weighted by Gasteiger charge is -2.02. The fraction of sp³-hybridized carbons (Fsp3) is 0.111. The third kappa shape index (κ3) is 3.59. The molecule has 132 valence electrons. The summed E-state index contributed by atoms with van der Waals surface area (Å²) in [4.78, 5) is 26.9. The van der Waals surface area contributed by atoms with Crippen molar-refractivity contribution in [1.82, 2.24) is 0 Å². The van der Waals surface area contributed by atoms with E-state index in [0.29, 0.717) is 11.1 Å². The van der Waals surface area contributed by atoms with E-state index < -0.39 is 10.9 Å². The maximum Gasteiger partial charge on any atom is 0.363 e. The first-order valence-corrected chi connectivity index (χ1v) is 8.58. The molecule has 3 rings (SSSR count). The Morgan fingerprint density at radius 3 is 2.69 bits per heavy atom. The molecular weight excluding hydrogens is 451 g/mol. The fourth-order valence-corrected chi connectivity index (χ4v) is 2.74. The van der Waals surface area contributed by atoms with Crippen molar-refractivity contribution in [1.29, 1.82) is 0 Å². The van der Waals surface area contributed by atoms with Gasteiger partial charge in [-0.1, -0.05) is 6.07 Å². The molecule has 0 saturated heterocycles. The van der Waals surface area contributed by atoms with Crippen molar-refractivity contribution in [2.45, 2.75) is 6.92 Å². The van der Waals surface area contributed by atoms with Gasteiger partial charge in [-0.3, -0.25) is 10.1 Å². The van der Waals surface area contributed by atoms with E-state index >= 15 is 0 Å². The van der Waals surface area contributed by atoms with Gasteiger partial charge in [0.2, 0.25) is 5.90 Å². The van der Waals surface area contributed by atoms with Gasteiger partial charge in [0.15, 0.2) is 11.4 Å². The molecule has 0 spiro atoms. The van der Waals surface area contributed by atoms with Gasteiger partial charge < -0.3 is 9.47 Å². The molecule has 0 N–H and O–H groups in total. The summed E-state index contributed by atoms with van der Waals surface area (Å²) in [6, 6.07) is 10.0. The van der Waals surface area contributed by atoms with Gasteiger partial charge in [-0.05, 0) is 71.0 Å². The normalized spacial score (nSPS) is 15.0. The Morgan fingerprint density at radius 2 is 2.04 bits per heavy atom. The van der Waals surface area contributed by atoms with E-state index in [2.05, 4.69) is 27.6 Å². The van der Waals surface area contributed by atoms with Crippen molar-refractivity contribution in [2.24, 2.45) is 4.99 Å². The lowest BCUT2D eigenvalue weighted by molar-refractivity contribution is -0.385. The van der Waals surface area contributed by atoms with Gasteiger partial charge in [-0.15, -0.1) is 0 Å². The third-order valence-corrected chi connectivity index (χ3v) is 4.94. The summed E-state index contributed by atoms with van der Waals surface area (Å²) >= 11 is 2.22. The maximum absolute atomic E-state index is 12.1. The van der Waals surface area contributed by atoms with Crippen LogP contribution in [0.15, 0.2) is 47.1 Å². The van der Waals surface area contributed by atoms with E-state index in [9.17, 15) is 14.9 Å². The highest BCUT2D eigenvalue weighted by atomic mass is 127. The highest BCUT2D eigenvalue weighted by Crippen LogP contribution is 2.29. The minimum absolute atomic E-state index is 0.0793. The van der Waals surface area contributed by atoms with Crippen molar-refractivity contribution in [3.05, 3.63) is 72.5 Å². The SMILES string of the molecule is COc1ccc(/C=C2\N=C(c3ccc(I)c(C)c3)OC2=O)cc1[N+](=O)[O-]. The van der Waals surface area contributed by atoms with Gasteiger partial charge in [0.05, 0.1) is 12.0 Å². The van der Waals surface area contributed by atoms with Crippen LogP contribution in [0.1, 0.15) is 16.7 Å². The molecule has 1 aliphatic rings. The van der Waals surface area contributed by atoms with Crippen LogP contribution in [0.4, 0.5) is 5.69 Å². The maximum atomic E-state index is 12.1. The first-order valence-electron chi connectivity index (χ1n) is 7.50. The number of carbonyl (C=O) groups is 1. The summed E-state index contributed by atoms with van der Waals surface area (Å²) in [5.41, 5.74) is 2.08. The molecule has 0 fully saturated rings. The molecule has 1 aliphatic heterocycles. The predicted molar refractivity (Wildman–Crippen MR) is 104 cm³/mol. The Labute approximate surface area is 162 Å². The molecule has 7 nitrogen and oxygen atoms in total. The monoisotopic (exact) mass is 464 g/mol. The Kier molecular flexibility index (Phi) is 5.03. The van der Waals surface area contributed by atoms with Crippen molar-refractivity contribution >= 4 is 46.2 Å². The van der Waals surface area contributed by atoms with Crippen molar-refractivity contribution in [3.63, 3.8) is 0 Å². The van der Waals surface area contributed by atoms with Gasteiger partial charge in [-0.2, -0.15) is 0 Å². The van der Waals surface area contributed by atoms with Gasteiger partial charge in [0, 0.05) is 15.2 Å². The molecule has 2 aromatic carbocycles. The van der Waals surface area contributed by atoms with Gasteiger partial charge in [0.1, 0.15) is 0 Å². The molecule has 0 saturated carbocycles. The molecule has 0 unspecified atom stereocenters. The van der Waals surface area contributed by atoms with Crippen molar-refractivity contribution < 1.29 is 19.2 Å². The molecule has 0 radical (unpaired) electrons. The van der Waals surface area contributed by atoms with Gasteiger partial charge in [-0.25, -0.2) is 9.79 Å². The topological polar surface area (TPSA) is 91.0 Å². The number of esters is 1. The summed E-state index contributed by atoms with van der Waals surface area (Å²) in [5, 5.41) is 11.1. The van der Waals surface area contributed by atoms with Crippen LogP contribution in [0.2, 0.25) is 0 Å². The minimum Gasteiger partial charge on any atom is -0.490 e. The van der Waals surface area contributed by atoms with Crippen molar-refractivity contribution in [2.75, 3.05) is 7.11 Å². The van der Waals surface area contributed by atoms with E-state index in [1.807, 2.05) is 25.1 Å². The lowest BCUT2D eigenvalue weighted by atomic mass is 10.1. The van der Waals surface area contributed by atoms with E-state index in [1.54, 1.807) is 6.07 Å². The Hall–Kier alpha value is -2.75. The molecule has 26 heavy (non-hydrogen) atoms. The Bertz CT molecular complexity index is 982. The summed E-state index contributed by atoms with van der Waals surface area (Å²) in [6.45, 7) is 1.95. The van der Waals surface area contributed by atoms with Gasteiger partial charge >= 0.3 is 11.7 Å². The van der Waals surface area contributed by atoms with Crippen molar-refractivity contribution in [3.8, 4) is 5.75 Å². The fourth-order valence-electron chi connectivity index (χ4n) is 2.41. The summed E-state index contributed by atoms with van der Waals surface area (Å²) < 4.78 is 11.3. The number of hydrogen-bond acceptors (Lipinski definition) is 6. The molecule has 0 amide bonds. The standard InChI is InChI=1S/C18H13IN2O5/c1-10-7-12(4-5-13(10)19)17-20-14(18(22)26-17)8-11-3-6-16(25-2)15(9-11)21(23)24/h3-9H,1-2H3/b14-8-. The predicted octanol–water partition coefficient (Wildman–Crippen LogP) is 3.86. The number of cyclic esters (lactones) is 1. The number of nitrogens with zero attached hydrogens (tertiary/aromatic N) is 2. The van der Waals surface area contributed by atoms with Crippen LogP contribution in [0.25, 0.3) is 6.08 Å². The van der Waals surface area contributed by atoms with E-state index in [0.717, 1.165) is 9.13 Å². The molecular formula is C18H13IN2O5. The van der Waals surface area contributed by atoms with Crippen LogP contribution in [0.5, 0.6) is 5.75 Å². The van der Waals surface area contributed by atoms with Crippen LogP contribution in [0, 0.1) is 20.6 Å². The number of halogens is 1. The third-order valence-electron chi connectivity index (χ3n) is 3.73. The quantitative estimate of drug-likeness (QED) is 0.225. The average Bonchev–Trinajstić information content (AvgIpc) is 2.98. The number of rotatable bonds is 4. The zero-order valence-corrected chi connectivity index (χ0v) is 16.0. The number of hydrogen-bond donors (Lipinski definition) is 0. The molecule has 0 atom stereocenters. The molecule has 0 aromatic heterocycles. The minimum atomic E-state index is -0.602.